The molecule has 0 saturated carbocycles. The van der Waals surface area contributed by atoms with Gasteiger partial charge in [0.05, 0.1) is 19.1 Å². The van der Waals surface area contributed by atoms with Crippen LogP contribution in [0.25, 0.3) is 11.4 Å². The molecule has 0 fully saturated rings. The van der Waals surface area contributed by atoms with Crippen LogP contribution >= 0.6 is 0 Å². The third-order valence-electron chi connectivity index (χ3n) is 2.62. The normalized spacial score (nSPS) is 12.6. The molecule has 5 heteroatoms. The van der Waals surface area contributed by atoms with Gasteiger partial charge in [0, 0.05) is 12.7 Å². The number of methoxy groups -OCH3 is 1. The molecule has 18 heavy (non-hydrogen) atoms. The summed E-state index contributed by atoms with van der Waals surface area (Å²) in [5, 5.41) is 13.5. The lowest BCUT2D eigenvalue weighted by Crippen LogP contribution is -2.17. The van der Waals surface area contributed by atoms with Crippen molar-refractivity contribution in [1.82, 2.24) is 10.1 Å². The number of rotatable bonds is 5. The number of ether oxygens (including phenoxy) is 1. The molecule has 96 valence electrons. The SMILES string of the molecule is COCC(O)Cc1nc(-c2ccccc2C)no1. The summed E-state index contributed by atoms with van der Waals surface area (Å²) >= 11 is 0. The zero-order chi connectivity index (χ0) is 13.0. The fourth-order valence-electron chi connectivity index (χ4n) is 1.72. The minimum Gasteiger partial charge on any atom is -0.390 e. The summed E-state index contributed by atoms with van der Waals surface area (Å²) in [5.74, 6) is 0.963. The second kappa shape index (κ2) is 5.75. The summed E-state index contributed by atoms with van der Waals surface area (Å²) in [4.78, 5) is 4.27. The van der Waals surface area contributed by atoms with Crippen LogP contribution in [0, 0.1) is 6.92 Å². The molecule has 5 nitrogen and oxygen atoms in total. The minimum absolute atomic E-state index is 0.252. The number of benzene rings is 1. The first-order valence-electron chi connectivity index (χ1n) is 5.76. The van der Waals surface area contributed by atoms with E-state index in [2.05, 4.69) is 10.1 Å². The molecule has 0 bridgehead atoms. The molecule has 1 N–H and O–H groups in total. The highest BCUT2D eigenvalue weighted by Gasteiger charge is 2.13. The summed E-state index contributed by atoms with van der Waals surface area (Å²) in [6.45, 7) is 2.24. The maximum atomic E-state index is 9.58. The molecule has 1 heterocycles. The zero-order valence-electron chi connectivity index (χ0n) is 10.5. The van der Waals surface area contributed by atoms with Crippen LogP contribution in [0.1, 0.15) is 11.5 Å². The summed E-state index contributed by atoms with van der Waals surface area (Å²) in [6.07, 6.45) is -0.327. The van der Waals surface area contributed by atoms with Crippen molar-refractivity contribution in [1.29, 1.82) is 0 Å². The monoisotopic (exact) mass is 248 g/mol. The van der Waals surface area contributed by atoms with E-state index in [9.17, 15) is 5.11 Å². The van der Waals surface area contributed by atoms with E-state index in [-0.39, 0.29) is 6.61 Å². The third kappa shape index (κ3) is 2.94. The van der Waals surface area contributed by atoms with Crippen LogP contribution in [0.5, 0.6) is 0 Å². The van der Waals surface area contributed by atoms with Gasteiger partial charge in [-0.3, -0.25) is 0 Å². The smallest absolute Gasteiger partial charge is 0.229 e. The van der Waals surface area contributed by atoms with E-state index < -0.39 is 6.10 Å². The van der Waals surface area contributed by atoms with Gasteiger partial charge >= 0.3 is 0 Å². The van der Waals surface area contributed by atoms with Gasteiger partial charge in [0.25, 0.3) is 0 Å². The molecule has 0 aliphatic rings. The fourth-order valence-corrected chi connectivity index (χ4v) is 1.72. The molecule has 2 rings (SSSR count). The Labute approximate surface area is 105 Å². The van der Waals surface area contributed by atoms with Crippen LogP contribution in [0.2, 0.25) is 0 Å². The Morgan fingerprint density at radius 3 is 2.89 bits per heavy atom. The molecule has 0 aliphatic carbocycles. The van der Waals surface area contributed by atoms with Gasteiger partial charge in [0.15, 0.2) is 0 Å². The van der Waals surface area contributed by atoms with Crippen molar-refractivity contribution in [2.45, 2.75) is 19.4 Å². The van der Waals surface area contributed by atoms with Crippen LogP contribution in [-0.4, -0.2) is 35.1 Å². The van der Waals surface area contributed by atoms with Crippen molar-refractivity contribution in [2.75, 3.05) is 13.7 Å². The Balaban J connectivity index is 2.13. The van der Waals surface area contributed by atoms with Gasteiger partial charge in [-0.2, -0.15) is 4.98 Å². The molecule has 0 amide bonds. The second-order valence-electron chi connectivity index (χ2n) is 4.14. The van der Waals surface area contributed by atoms with Gasteiger partial charge < -0.3 is 14.4 Å². The third-order valence-corrected chi connectivity index (χ3v) is 2.62. The molecule has 0 spiro atoms. The quantitative estimate of drug-likeness (QED) is 0.870. The van der Waals surface area contributed by atoms with Crippen LogP contribution in [0.15, 0.2) is 28.8 Å². The van der Waals surface area contributed by atoms with Gasteiger partial charge in [-0.15, -0.1) is 0 Å². The zero-order valence-corrected chi connectivity index (χ0v) is 10.5. The average Bonchev–Trinajstić information content (AvgIpc) is 2.78. The van der Waals surface area contributed by atoms with Crippen molar-refractivity contribution in [3.05, 3.63) is 35.7 Å². The largest absolute Gasteiger partial charge is 0.390 e. The van der Waals surface area contributed by atoms with Crippen molar-refractivity contribution in [3.63, 3.8) is 0 Å². The standard InChI is InChI=1S/C13H16N2O3/c1-9-5-3-4-6-11(9)13-14-12(18-15-13)7-10(16)8-17-2/h3-6,10,16H,7-8H2,1-2H3. The summed E-state index contributed by atoms with van der Waals surface area (Å²) in [7, 11) is 1.54. The van der Waals surface area contributed by atoms with E-state index in [1.54, 1.807) is 0 Å². The maximum absolute atomic E-state index is 9.58. The Hall–Kier alpha value is -1.72. The van der Waals surface area contributed by atoms with Crippen LogP contribution in [0.3, 0.4) is 0 Å². The van der Waals surface area contributed by atoms with Crippen LogP contribution in [0.4, 0.5) is 0 Å². The molecule has 2 aromatic rings. The Bertz CT molecular complexity index is 510. The molecule has 0 saturated heterocycles. The Morgan fingerprint density at radius 2 is 2.17 bits per heavy atom. The van der Waals surface area contributed by atoms with E-state index in [0.29, 0.717) is 18.1 Å². The predicted octanol–water partition coefficient (Wildman–Crippen LogP) is 1.59. The molecule has 0 aliphatic heterocycles. The topological polar surface area (TPSA) is 68.4 Å². The van der Waals surface area contributed by atoms with Crippen molar-refractivity contribution in [2.24, 2.45) is 0 Å². The summed E-state index contributed by atoms with van der Waals surface area (Å²) in [5.41, 5.74) is 2.02. The lowest BCUT2D eigenvalue weighted by Gasteiger charge is -2.04. The first kappa shape index (κ1) is 12.7. The summed E-state index contributed by atoms with van der Waals surface area (Å²) < 4.78 is 9.96. The number of hydrogen-bond donors (Lipinski definition) is 1. The van der Waals surface area contributed by atoms with Crippen molar-refractivity contribution < 1.29 is 14.4 Å². The highest BCUT2D eigenvalue weighted by molar-refractivity contribution is 5.58. The Kier molecular flexibility index (Phi) is 4.07. The van der Waals surface area contributed by atoms with Crippen LogP contribution in [-0.2, 0) is 11.2 Å². The molecular weight excluding hydrogens is 232 g/mol. The molecule has 1 aromatic heterocycles. The van der Waals surface area contributed by atoms with Crippen molar-refractivity contribution >= 4 is 0 Å². The van der Waals surface area contributed by atoms with E-state index >= 15 is 0 Å². The van der Waals surface area contributed by atoms with E-state index in [1.165, 1.54) is 7.11 Å². The van der Waals surface area contributed by atoms with E-state index in [4.69, 9.17) is 9.26 Å². The number of nitrogens with zero attached hydrogens (tertiary/aromatic N) is 2. The lowest BCUT2D eigenvalue weighted by atomic mass is 10.1. The fraction of sp³-hybridized carbons (Fsp3) is 0.385. The van der Waals surface area contributed by atoms with Gasteiger partial charge in [-0.25, -0.2) is 0 Å². The summed E-state index contributed by atoms with van der Waals surface area (Å²) in [6, 6.07) is 7.82. The van der Waals surface area contributed by atoms with Crippen molar-refractivity contribution in [3.8, 4) is 11.4 Å². The second-order valence-corrected chi connectivity index (χ2v) is 4.14. The van der Waals surface area contributed by atoms with E-state index in [1.807, 2.05) is 31.2 Å². The van der Waals surface area contributed by atoms with Gasteiger partial charge in [-0.1, -0.05) is 29.4 Å². The molecule has 0 radical (unpaired) electrons. The van der Waals surface area contributed by atoms with Crippen LogP contribution < -0.4 is 0 Å². The minimum atomic E-state index is -0.625. The number of aliphatic hydroxyl groups is 1. The number of aromatic nitrogens is 2. The van der Waals surface area contributed by atoms with E-state index in [0.717, 1.165) is 11.1 Å². The molecular formula is C13H16N2O3. The van der Waals surface area contributed by atoms with Gasteiger partial charge in [0.2, 0.25) is 11.7 Å². The molecule has 1 atom stereocenters. The molecule has 1 unspecified atom stereocenters. The van der Waals surface area contributed by atoms with Gasteiger partial charge in [-0.05, 0) is 12.5 Å². The lowest BCUT2D eigenvalue weighted by molar-refractivity contribution is 0.0599. The highest BCUT2D eigenvalue weighted by Crippen LogP contribution is 2.20. The predicted molar refractivity (Wildman–Crippen MR) is 66.1 cm³/mol. The molecule has 1 aromatic carbocycles. The maximum Gasteiger partial charge on any atom is 0.229 e. The Morgan fingerprint density at radius 1 is 1.39 bits per heavy atom. The first-order valence-corrected chi connectivity index (χ1v) is 5.76. The number of hydrogen-bond acceptors (Lipinski definition) is 5. The first-order chi connectivity index (χ1) is 8.70. The highest BCUT2D eigenvalue weighted by atomic mass is 16.5. The number of aryl methyl sites for hydroxylation is 1. The number of aliphatic hydroxyl groups excluding tert-OH is 1. The van der Waals surface area contributed by atoms with Gasteiger partial charge in [0.1, 0.15) is 0 Å². The average molecular weight is 248 g/mol.